The fourth-order valence-corrected chi connectivity index (χ4v) is 3.38. The maximum absolute atomic E-state index is 11.3. The van der Waals surface area contributed by atoms with Gasteiger partial charge in [-0.2, -0.15) is 0 Å². The van der Waals surface area contributed by atoms with E-state index in [2.05, 4.69) is 15.5 Å². The number of hydrogen-bond acceptors (Lipinski definition) is 8. The first-order valence-corrected chi connectivity index (χ1v) is 5.99. The normalized spacial score (nSPS) is 34.9. The summed E-state index contributed by atoms with van der Waals surface area (Å²) in [6, 6.07) is 0. The molecule has 0 aromatic carbocycles. The predicted octanol–water partition coefficient (Wildman–Crippen LogP) is -1.69. The summed E-state index contributed by atoms with van der Waals surface area (Å²) in [6.45, 7) is 1.29. The van der Waals surface area contributed by atoms with Gasteiger partial charge >= 0.3 is 17.8 Å². The van der Waals surface area contributed by atoms with E-state index in [0.717, 1.165) is 12.2 Å². The Bertz CT molecular complexity index is 582. The molecule has 3 fully saturated rings. The molecule has 19 heavy (non-hydrogen) atoms. The molecule has 9 nitrogen and oxygen atoms in total. The highest BCUT2D eigenvalue weighted by molar-refractivity contribution is 6.31. The number of hydrogen-bond donors (Lipinski definition) is 0. The lowest BCUT2D eigenvalue weighted by molar-refractivity contribution is -0.239. The van der Waals surface area contributed by atoms with Gasteiger partial charge in [-0.05, 0) is 16.8 Å². The van der Waals surface area contributed by atoms with Gasteiger partial charge in [-0.25, -0.2) is 19.2 Å². The zero-order chi connectivity index (χ0) is 13.3. The number of esters is 2. The van der Waals surface area contributed by atoms with Crippen molar-refractivity contribution in [3.8, 4) is 0 Å². The molecule has 4 rings (SSSR count). The van der Waals surface area contributed by atoms with Gasteiger partial charge in [0, 0.05) is 20.1 Å². The quantitative estimate of drug-likeness (QED) is 0.438. The van der Waals surface area contributed by atoms with Crippen LogP contribution in [0.15, 0.2) is 0 Å². The fourth-order valence-electron chi connectivity index (χ4n) is 3.38. The average Bonchev–Trinajstić information content (AvgIpc) is 3.05. The number of carbonyl (C=O) groups is 2. The summed E-state index contributed by atoms with van der Waals surface area (Å²) >= 11 is 0. The molecule has 9 heteroatoms. The molecule has 0 aliphatic carbocycles. The van der Waals surface area contributed by atoms with Gasteiger partial charge in [-0.15, -0.1) is 5.10 Å². The van der Waals surface area contributed by atoms with Gasteiger partial charge in [0.2, 0.25) is 0 Å². The van der Waals surface area contributed by atoms with Gasteiger partial charge in [0.05, 0.1) is 11.8 Å². The van der Waals surface area contributed by atoms with E-state index in [1.54, 1.807) is 11.7 Å². The molecule has 2 bridgehead atoms. The van der Waals surface area contributed by atoms with E-state index in [9.17, 15) is 9.59 Å². The van der Waals surface area contributed by atoms with Crippen LogP contribution in [0.4, 0.5) is 0 Å². The van der Waals surface area contributed by atoms with Crippen LogP contribution >= 0.6 is 0 Å². The average molecular weight is 265 g/mol. The third kappa shape index (κ3) is 1.20. The number of tetrazole rings is 1. The largest absolute Gasteiger partial charge is 0.421 e. The second kappa shape index (κ2) is 3.10. The van der Waals surface area contributed by atoms with Crippen molar-refractivity contribution in [2.45, 2.75) is 24.2 Å². The first-order valence-electron chi connectivity index (χ1n) is 5.99. The zero-order valence-corrected chi connectivity index (χ0v) is 10.2. The summed E-state index contributed by atoms with van der Waals surface area (Å²) in [7, 11) is 1.77. The van der Waals surface area contributed by atoms with Crippen LogP contribution in [0.25, 0.3) is 0 Å². The van der Waals surface area contributed by atoms with Gasteiger partial charge in [-0.3, -0.25) is 0 Å². The summed E-state index contributed by atoms with van der Waals surface area (Å²) in [5, 5.41) is 11.5. The first-order chi connectivity index (χ1) is 9.05. The highest BCUT2D eigenvalue weighted by Gasteiger charge is 2.68. The van der Waals surface area contributed by atoms with Crippen LogP contribution in [-0.4, -0.2) is 56.0 Å². The lowest BCUT2D eigenvalue weighted by Gasteiger charge is -2.33. The molecule has 0 radical (unpaired) electrons. The van der Waals surface area contributed by atoms with Crippen molar-refractivity contribution in [3.05, 3.63) is 5.82 Å². The lowest BCUT2D eigenvalue weighted by Crippen LogP contribution is -2.47. The van der Waals surface area contributed by atoms with Crippen LogP contribution in [0.2, 0.25) is 0 Å². The molecule has 0 amide bonds. The Labute approximate surface area is 107 Å². The van der Waals surface area contributed by atoms with Crippen molar-refractivity contribution < 1.29 is 19.1 Å². The van der Waals surface area contributed by atoms with Crippen LogP contribution in [0, 0.1) is 0 Å². The van der Waals surface area contributed by atoms with Gasteiger partial charge in [0.15, 0.2) is 5.82 Å². The first kappa shape index (κ1) is 10.9. The molecule has 2 unspecified atom stereocenters. The number of aryl methyl sites for hydroxylation is 1. The highest BCUT2D eigenvalue weighted by atomic mass is 16.8. The Kier molecular flexibility index (Phi) is 1.77. The van der Waals surface area contributed by atoms with E-state index < -0.39 is 17.8 Å². The van der Waals surface area contributed by atoms with Crippen molar-refractivity contribution in [2.75, 3.05) is 13.1 Å². The van der Waals surface area contributed by atoms with Gasteiger partial charge in [0.25, 0.3) is 0 Å². The van der Waals surface area contributed by atoms with E-state index in [0.29, 0.717) is 19.5 Å². The molecule has 2 atom stereocenters. The predicted molar refractivity (Wildman–Crippen MR) is 56.2 cm³/mol. The molecule has 3 saturated heterocycles. The molecular weight excluding hydrogens is 254 g/mol. The number of ether oxygens (including phenoxy) is 2. The molecule has 0 saturated carbocycles. The summed E-state index contributed by atoms with van der Waals surface area (Å²) < 4.78 is 11.9. The number of aromatic nitrogens is 4. The van der Waals surface area contributed by atoms with E-state index in [1.807, 2.05) is 4.90 Å². The Morgan fingerprint density at radius 1 is 1.26 bits per heavy atom. The summed E-state index contributed by atoms with van der Waals surface area (Å²) in [6.07, 6.45) is 1.23. The zero-order valence-electron chi connectivity index (χ0n) is 10.2. The number of fused-ring (bicyclic) bond motifs is 3. The Morgan fingerprint density at radius 2 is 2.00 bits per heavy atom. The van der Waals surface area contributed by atoms with Crippen molar-refractivity contribution in [2.24, 2.45) is 7.05 Å². The van der Waals surface area contributed by atoms with Crippen LogP contribution in [0.1, 0.15) is 18.7 Å². The third-order valence-electron chi connectivity index (χ3n) is 4.16. The number of nitrogens with zero attached hydrogens (tertiary/aromatic N) is 5. The SMILES string of the molecule is Cn1nnnc1C12CCN(C1)C1(C2)OC(=O)C(=O)O1. The van der Waals surface area contributed by atoms with Gasteiger partial charge < -0.3 is 9.47 Å². The fraction of sp³-hybridized carbons (Fsp3) is 0.700. The maximum atomic E-state index is 11.3. The third-order valence-corrected chi connectivity index (χ3v) is 4.16. The van der Waals surface area contributed by atoms with Gasteiger partial charge in [0.1, 0.15) is 0 Å². The molecule has 100 valence electrons. The standard InChI is InChI=1S/C10H11N5O4/c1-14-8(11-12-13-14)9-2-3-15(5-9)10(4-9)18-6(16)7(17)19-10/h2-5H2,1H3. The summed E-state index contributed by atoms with van der Waals surface area (Å²) in [4.78, 5) is 24.5. The second-order valence-electron chi connectivity index (χ2n) is 5.25. The van der Waals surface area contributed by atoms with Gasteiger partial charge in [-0.1, -0.05) is 0 Å². The second-order valence-corrected chi connectivity index (χ2v) is 5.25. The summed E-state index contributed by atoms with van der Waals surface area (Å²) in [5.74, 6) is -2.39. The van der Waals surface area contributed by atoms with E-state index in [4.69, 9.17) is 9.47 Å². The molecule has 1 aromatic rings. The smallest absolute Gasteiger partial charge is 0.400 e. The lowest BCUT2D eigenvalue weighted by atomic mass is 9.82. The molecule has 1 spiro atoms. The molecule has 1 aromatic heterocycles. The van der Waals surface area contributed by atoms with E-state index in [1.165, 1.54) is 0 Å². The van der Waals surface area contributed by atoms with Crippen molar-refractivity contribution in [1.82, 2.24) is 25.1 Å². The summed E-state index contributed by atoms with van der Waals surface area (Å²) in [5.41, 5.74) is -0.330. The van der Waals surface area contributed by atoms with E-state index in [-0.39, 0.29) is 5.41 Å². The van der Waals surface area contributed by atoms with Crippen LogP contribution in [-0.2, 0) is 31.5 Å². The Hall–Kier alpha value is -2.03. The van der Waals surface area contributed by atoms with Crippen molar-refractivity contribution >= 4 is 11.9 Å². The minimum absolute atomic E-state index is 0.330. The highest BCUT2D eigenvalue weighted by Crippen LogP contribution is 2.52. The number of piperidine rings is 1. The molecule has 4 heterocycles. The Morgan fingerprint density at radius 3 is 2.63 bits per heavy atom. The van der Waals surface area contributed by atoms with Crippen molar-refractivity contribution in [3.63, 3.8) is 0 Å². The molecular formula is C10H11N5O4. The van der Waals surface area contributed by atoms with Crippen LogP contribution < -0.4 is 0 Å². The Balaban J connectivity index is 1.74. The number of carbonyl (C=O) groups excluding carboxylic acids is 2. The van der Waals surface area contributed by atoms with Crippen molar-refractivity contribution in [1.29, 1.82) is 0 Å². The van der Waals surface area contributed by atoms with Crippen LogP contribution in [0.3, 0.4) is 0 Å². The maximum Gasteiger partial charge on any atom is 0.421 e. The minimum atomic E-state index is -1.25. The minimum Gasteiger partial charge on any atom is -0.400 e. The molecule has 3 aliphatic heterocycles. The monoisotopic (exact) mass is 265 g/mol. The van der Waals surface area contributed by atoms with E-state index >= 15 is 0 Å². The number of rotatable bonds is 1. The topological polar surface area (TPSA) is 99.4 Å². The molecule has 3 aliphatic rings. The molecule has 0 N–H and O–H groups in total. The van der Waals surface area contributed by atoms with Crippen LogP contribution in [0.5, 0.6) is 0 Å².